The number of nitrogens with one attached hydrogen (secondary N) is 1. The number of fused-ring (bicyclic) bond motifs is 1. The lowest BCUT2D eigenvalue weighted by atomic mass is 9.88. The van der Waals surface area contributed by atoms with Crippen LogP contribution in [-0.4, -0.2) is 23.0 Å². The maximum absolute atomic E-state index is 4.31. The van der Waals surface area contributed by atoms with Crippen LogP contribution >= 0.6 is 0 Å². The van der Waals surface area contributed by atoms with Gasteiger partial charge in [-0.15, -0.1) is 0 Å². The van der Waals surface area contributed by atoms with Crippen LogP contribution in [0.25, 0.3) is 0 Å². The second-order valence-corrected chi connectivity index (χ2v) is 3.64. The average molecular weight is 173 g/mol. The molecule has 1 aliphatic carbocycles. The predicted molar refractivity (Wildman–Crippen MR) is 51.0 cm³/mol. The van der Waals surface area contributed by atoms with Gasteiger partial charge >= 0.3 is 0 Å². The summed E-state index contributed by atoms with van der Waals surface area (Å²) in [6.07, 6.45) is 7.17. The Kier molecular flexibility index (Phi) is 1.39. The Morgan fingerprint density at radius 1 is 1.31 bits per heavy atom. The molecule has 0 saturated carbocycles. The topological polar surface area (TPSA) is 41.0 Å². The van der Waals surface area contributed by atoms with Gasteiger partial charge in [0.25, 0.3) is 0 Å². The number of aromatic nitrogens is 2. The first-order valence-corrected chi connectivity index (χ1v) is 4.65. The van der Waals surface area contributed by atoms with Gasteiger partial charge < -0.3 is 0 Å². The third kappa shape index (κ3) is 1.03. The molecule has 0 spiro atoms. The van der Waals surface area contributed by atoms with Gasteiger partial charge in [-0.1, -0.05) is 5.57 Å². The summed E-state index contributed by atoms with van der Waals surface area (Å²) < 4.78 is 0. The molecule has 2 heterocycles. The van der Waals surface area contributed by atoms with Crippen molar-refractivity contribution in [3.8, 4) is 0 Å². The lowest BCUT2D eigenvalue weighted by molar-refractivity contribution is 0.829. The van der Waals surface area contributed by atoms with Gasteiger partial charge in [-0.2, -0.15) is 5.10 Å². The van der Waals surface area contributed by atoms with E-state index in [1.807, 2.05) is 12.4 Å². The highest BCUT2D eigenvalue weighted by molar-refractivity contribution is 5.82. The Morgan fingerprint density at radius 3 is 3.31 bits per heavy atom. The molecule has 3 heteroatoms. The summed E-state index contributed by atoms with van der Waals surface area (Å²) >= 11 is 0. The minimum absolute atomic E-state index is 0.961. The summed E-state index contributed by atoms with van der Waals surface area (Å²) in [7, 11) is 0. The number of hydrogen-bond acceptors (Lipinski definition) is 2. The molecule has 0 bridgehead atoms. The van der Waals surface area contributed by atoms with Crippen molar-refractivity contribution in [1.29, 1.82) is 0 Å². The molecule has 0 amide bonds. The van der Waals surface area contributed by atoms with Gasteiger partial charge in [-0.3, -0.25) is 10.1 Å². The first-order chi connectivity index (χ1) is 6.43. The minimum Gasteiger partial charge on any atom is -0.293 e. The highest BCUT2D eigenvalue weighted by Crippen LogP contribution is 2.27. The minimum atomic E-state index is 0.961. The van der Waals surface area contributed by atoms with Crippen LogP contribution in [0.1, 0.15) is 17.7 Å². The van der Waals surface area contributed by atoms with Gasteiger partial charge in [0, 0.05) is 31.3 Å². The van der Waals surface area contributed by atoms with Gasteiger partial charge in [0.15, 0.2) is 0 Å². The van der Waals surface area contributed by atoms with Crippen LogP contribution < -0.4 is 0 Å². The lowest BCUT2D eigenvalue weighted by Gasteiger charge is -2.20. The number of aliphatic imine (C=N–C) groups is 1. The molecule has 1 N–H and O–H groups in total. The van der Waals surface area contributed by atoms with Crippen LogP contribution in [0, 0.1) is 0 Å². The second-order valence-electron chi connectivity index (χ2n) is 3.64. The van der Waals surface area contributed by atoms with E-state index in [9.17, 15) is 0 Å². The molecule has 0 atom stereocenters. The van der Waals surface area contributed by atoms with Crippen molar-refractivity contribution in [3.63, 3.8) is 0 Å². The van der Waals surface area contributed by atoms with Gasteiger partial charge in [-0.25, -0.2) is 0 Å². The monoisotopic (exact) mass is 173 g/mol. The number of aromatic amines is 1. The Morgan fingerprint density at radius 2 is 2.31 bits per heavy atom. The number of allylic oxidation sites excluding steroid dienone is 1. The Balaban J connectivity index is 2.03. The van der Waals surface area contributed by atoms with E-state index in [4.69, 9.17) is 0 Å². The van der Waals surface area contributed by atoms with Crippen molar-refractivity contribution in [2.75, 3.05) is 6.54 Å². The van der Waals surface area contributed by atoms with Crippen molar-refractivity contribution in [2.45, 2.75) is 19.3 Å². The average Bonchev–Trinajstić information content (AvgIpc) is 2.61. The van der Waals surface area contributed by atoms with Crippen LogP contribution in [0.5, 0.6) is 0 Å². The fraction of sp³-hybridized carbons (Fsp3) is 0.400. The molecule has 3 rings (SSSR count). The van der Waals surface area contributed by atoms with Gasteiger partial charge in [0.1, 0.15) is 0 Å². The van der Waals surface area contributed by atoms with Crippen molar-refractivity contribution in [2.24, 2.45) is 4.99 Å². The summed E-state index contributed by atoms with van der Waals surface area (Å²) in [5.41, 5.74) is 5.60. The van der Waals surface area contributed by atoms with E-state index in [1.54, 1.807) is 5.57 Å². The maximum atomic E-state index is 4.31. The first-order valence-electron chi connectivity index (χ1n) is 4.65. The molecule has 0 unspecified atom stereocenters. The van der Waals surface area contributed by atoms with Gasteiger partial charge in [-0.05, 0) is 17.6 Å². The van der Waals surface area contributed by atoms with Crippen LogP contribution in [0.4, 0.5) is 0 Å². The SMILES string of the molecule is C1=NCCC2=C1Cc1cn[nH]c1C2. The summed E-state index contributed by atoms with van der Waals surface area (Å²) in [6, 6.07) is 0. The molecular formula is C10H11N3. The molecule has 0 fully saturated rings. The van der Waals surface area contributed by atoms with E-state index in [0.29, 0.717) is 0 Å². The first kappa shape index (κ1) is 7.06. The van der Waals surface area contributed by atoms with Crippen molar-refractivity contribution in [1.82, 2.24) is 10.2 Å². The molecule has 66 valence electrons. The van der Waals surface area contributed by atoms with E-state index in [2.05, 4.69) is 15.2 Å². The number of nitrogens with zero attached hydrogens (tertiary/aromatic N) is 2. The van der Waals surface area contributed by atoms with Crippen molar-refractivity contribution < 1.29 is 0 Å². The summed E-state index contributed by atoms with van der Waals surface area (Å²) in [6.45, 7) is 0.961. The smallest absolute Gasteiger partial charge is 0.0525 e. The summed E-state index contributed by atoms with van der Waals surface area (Å²) in [5, 5.41) is 7.13. The van der Waals surface area contributed by atoms with E-state index in [-0.39, 0.29) is 0 Å². The third-order valence-electron chi connectivity index (χ3n) is 2.82. The maximum Gasteiger partial charge on any atom is 0.0525 e. The van der Waals surface area contributed by atoms with Crippen LogP contribution in [0.3, 0.4) is 0 Å². The number of dihydropyridines is 1. The molecule has 1 aliphatic heterocycles. The Labute approximate surface area is 76.6 Å². The molecular weight excluding hydrogens is 162 g/mol. The van der Waals surface area contributed by atoms with Gasteiger partial charge in [0.05, 0.1) is 6.20 Å². The largest absolute Gasteiger partial charge is 0.293 e. The Hall–Kier alpha value is -1.38. The number of rotatable bonds is 0. The van der Waals surface area contributed by atoms with E-state index in [1.165, 1.54) is 16.8 Å². The number of H-pyrrole nitrogens is 1. The zero-order valence-corrected chi connectivity index (χ0v) is 7.38. The standard InChI is InChI=1S/C10H11N3/c1-2-11-5-8-3-9-6-12-13-10(9)4-7(1)8/h5-6H,1-4H2,(H,12,13). The molecule has 13 heavy (non-hydrogen) atoms. The summed E-state index contributed by atoms with van der Waals surface area (Å²) in [5.74, 6) is 0. The van der Waals surface area contributed by atoms with E-state index < -0.39 is 0 Å². The second kappa shape index (κ2) is 2.55. The van der Waals surface area contributed by atoms with Crippen molar-refractivity contribution >= 4 is 6.21 Å². The molecule has 0 radical (unpaired) electrons. The molecule has 0 saturated heterocycles. The molecule has 3 nitrogen and oxygen atoms in total. The summed E-state index contributed by atoms with van der Waals surface area (Å²) in [4.78, 5) is 4.31. The van der Waals surface area contributed by atoms with Crippen molar-refractivity contribution in [3.05, 3.63) is 28.6 Å². The fourth-order valence-electron chi connectivity index (χ4n) is 2.06. The molecule has 0 aromatic carbocycles. The zero-order chi connectivity index (χ0) is 8.67. The molecule has 1 aromatic rings. The highest BCUT2D eigenvalue weighted by Gasteiger charge is 2.19. The lowest BCUT2D eigenvalue weighted by Crippen LogP contribution is -2.13. The van der Waals surface area contributed by atoms with E-state index >= 15 is 0 Å². The fourth-order valence-corrected chi connectivity index (χ4v) is 2.06. The number of hydrogen-bond donors (Lipinski definition) is 1. The van der Waals surface area contributed by atoms with Crippen LogP contribution in [0.15, 0.2) is 22.3 Å². The predicted octanol–water partition coefficient (Wildman–Crippen LogP) is 1.28. The third-order valence-corrected chi connectivity index (χ3v) is 2.82. The quantitative estimate of drug-likeness (QED) is 0.630. The van der Waals surface area contributed by atoms with Crippen LogP contribution in [0.2, 0.25) is 0 Å². The van der Waals surface area contributed by atoms with E-state index in [0.717, 1.165) is 25.8 Å². The zero-order valence-electron chi connectivity index (χ0n) is 7.38. The van der Waals surface area contributed by atoms with Gasteiger partial charge in [0.2, 0.25) is 0 Å². The van der Waals surface area contributed by atoms with Crippen LogP contribution in [-0.2, 0) is 12.8 Å². The Bertz CT molecular complexity index is 398. The molecule has 2 aliphatic rings. The highest BCUT2D eigenvalue weighted by atomic mass is 15.1. The normalized spacial score (nSPS) is 20.0. The molecule has 1 aromatic heterocycles.